The van der Waals surface area contributed by atoms with Crippen molar-refractivity contribution in [3.8, 4) is 0 Å². The second-order valence-electron chi connectivity index (χ2n) is 7.28. The van der Waals surface area contributed by atoms with Crippen molar-refractivity contribution in [1.82, 2.24) is 29.9 Å². The van der Waals surface area contributed by atoms with Gasteiger partial charge >= 0.3 is 0 Å². The fourth-order valence-corrected chi connectivity index (χ4v) is 4.97. The summed E-state index contributed by atoms with van der Waals surface area (Å²) in [7, 11) is 0. The maximum absolute atomic E-state index is 4.94. The number of aryl methyl sites for hydroxylation is 1. The molecule has 1 N–H and O–H groups in total. The number of guanidine groups is 1. The molecule has 4 heterocycles. The quantitative estimate of drug-likeness (QED) is 0.428. The van der Waals surface area contributed by atoms with Crippen LogP contribution in [0.2, 0.25) is 0 Å². The van der Waals surface area contributed by atoms with E-state index in [0.29, 0.717) is 0 Å². The summed E-state index contributed by atoms with van der Waals surface area (Å²) < 4.78 is 2.11. The number of piperazine rings is 1. The average molecular weight is 444 g/mol. The number of nitrogens with zero attached hydrogens (tertiary/aromatic N) is 6. The molecule has 3 aromatic heterocycles. The maximum Gasteiger partial charge on any atom is 0.194 e. The third-order valence-corrected chi connectivity index (χ3v) is 6.97. The third kappa shape index (κ3) is 5.68. The molecule has 0 aromatic carbocycles. The number of thiophene rings is 2. The lowest BCUT2D eigenvalue weighted by Crippen LogP contribution is -2.52. The van der Waals surface area contributed by atoms with Gasteiger partial charge in [0.25, 0.3) is 0 Å². The van der Waals surface area contributed by atoms with Gasteiger partial charge in [-0.3, -0.25) is 4.90 Å². The van der Waals surface area contributed by atoms with Crippen molar-refractivity contribution in [3.05, 3.63) is 56.9 Å². The van der Waals surface area contributed by atoms with Crippen LogP contribution < -0.4 is 5.32 Å². The van der Waals surface area contributed by atoms with Crippen molar-refractivity contribution in [3.63, 3.8) is 0 Å². The molecule has 0 amide bonds. The van der Waals surface area contributed by atoms with E-state index in [1.54, 1.807) is 11.3 Å². The Morgan fingerprint density at radius 1 is 1.10 bits per heavy atom. The number of hydrogen-bond acceptors (Lipinski definition) is 6. The molecule has 0 spiro atoms. The van der Waals surface area contributed by atoms with Gasteiger partial charge in [-0.15, -0.1) is 32.9 Å². The zero-order valence-electron chi connectivity index (χ0n) is 17.4. The fourth-order valence-electron chi connectivity index (χ4n) is 3.59. The van der Waals surface area contributed by atoms with Gasteiger partial charge in [-0.25, -0.2) is 4.99 Å². The van der Waals surface area contributed by atoms with E-state index in [4.69, 9.17) is 4.99 Å². The van der Waals surface area contributed by atoms with Gasteiger partial charge < -0.3 is 14.8 Å². The first-order chi connectivity index (χ1) is 14.8. The van der Waals surface area contributed by atoms with Gasteiger partial charge in [0, 0.05) is 62.0 Å². The van der Waals surface area contributed by atoms with Gasteiger partial charge in [-0.1, -0.05) is 19.1 Å². The molecule has 0 saturated carbocycles. The first-order valence-electron chi connectivity index (χ1n) is 10.5. The topological polar surface area (TPSA) is 61.6 Å². The molecular weight excluding hydrogens is 414 g/mol. The summed E-state index contributed by atoms with van der Waals surface area (Å²) in [4.78, 5) is 12.6. The molecular formula is C21H29N7S2. The highest BCUT2D eigenvalue weighted by Crippen LogP contribution is 2.14. The van der Waals surface area contributed by atoms with E-state index >= 15 is 0 Å². The van der Waals surface area contributed by atoms with Crippen molar-refractivity contribution in [2.24, 2.45) is 4.99 Å². The molecule has 0 unspecified atom stereocenters. The zero-order valence-corrected chi connectivity index (χ0v) is 19.0. The van der Waals surface area contributed by atoms with Crippen LogP contribution in [0.1, 0.15) is 22.5 Å². The molecule has 30 heavy (non-hydrogen) atoms. The highest BCUT2D eigenvalue weighted by atomic mass is 32.1. The lowest BCUT2D eigenvalue weighted by atomic mass is 10.3. The van der Waals surface area contributed by atoms with Crippen molar-refractivity contribution >= 4 is 28.6 Å². The Bertz CT molecular complexity index is 894. The Balaban J connectivity index is 1.34. The van der Waals surface area contributed by atoms with Gasteiger partial charge in [-0.2, -0.15) is 0 Å². The minimum Gasteiger partial charge on any atom is -0.354 e. The van der Waals surface area contributed by atoms with E-state index in [-0.39, 0.29) is 0 Å². The van der Waals surface area contributed by atoms with Crippen molar-refractivity contribution in [2.45, 2.75) is 33.0 Å². The van der Waals surface area contributed by atoms with Crippen molar-refractivity contribution < 1.29 is 0 Å². The third-order valence-electron chi connectivity index (χ3n) is 5.24. The summed E-state index contributed by atoms with van der Waals surface area (Å²) in [5.74, 6) is 2.03. The molecule has 7 nitrogen and oxygen atoms in total. The first kappa shape index (κ1) is 21.0. The smallest absolute Gasteiger partial charge is 0.194 e. The number of nitrogens with one attached hydrogen (secondary N) is 1. The average Bonchev–Trinajstić information content (AvgIpc) is 3.54. The Labute approximate surface area is 186 Å². The minimum absolute atomic E-state index is 0.724. The van der Waals surface area contributed by atoms with Crippen LogP contribution in [0.15, 0.2) is 46.3 Å². The zero-order chi connectivity index (χ0) is 20.6. The molecule has 0 radical (unpaired) electrons. The number of hydrogen-bond donors (Lipinski definition) is 1. The molecule has 4 rings (SSSR count). The molecule has 1 saturated heterocycles. The molecule has 0 atom stereocenters. The summed E-state index contributed by atoms with van der Waals surface area (Å²) in [6.07, 6.45) is 2.71. The Morgan fingerprint density at radius 3 is 2.57 bits per heavy atom. The standard InChI is InChI=1S/C21H29N7S2/c1-2-20-25-24-17-28(20)8-7-22-21(23-15-18-5-3-13-29-18)27-11-9-26(10-12-27)16-19-6-4-14-30-19/h3-6,13-14,17H,2,7-12,15-16H2,1H3,(H,22,23). The predicted octanol–water partition coefficient (Wildman–Crippen LogP) is 2.93. The van der Waals surface area contributed by atoms with Crippen LogP contribution in [-0.4, -0.2) is 63.2 Å². The number of aliphatic imine (C=N–C) groups is 1. The van der Waals surface area contributed by atoms with E-state index in [1.807, 2.05) is 17.7 Å². The number of aromatic nitrogens is 3. The monoisotopic (exact) mass is 443 g/mol. The van der Waals surface area contributed by atoms with E-state index < -0.39 is 0 Å². The van der Waals surface area contributed by atoms with Crippen molar-refractivity contribution in [1.29, 1.82) is 0 Å². The van der Waals surface area contributed by atoms with Gasteiger partial charge in [-0.05, 0) is 22.9 Å². The molecule has 0 bridgehead atoms. The second-order valence-corrected chi connectivity index (χ2v) is 9.35. The fraction of sp³-hybridized carbons (Fsp3) is 0.476. The lowest BCUT2D eigenvalue weighted by molar-refractivity contribution is 0.173. The van der Waals surface area contributed by atoms with Gasteiger partial charge in [0.05, 0.1) is 6.54 Å². The summed E-state index contributed by atoms with van der Waals surface area (Å²) >= 11 is 3.60. The first-order valence-corrected chi connectivity index (χ1v) is 12.2. The van der Waals surface area contributed by atoms with Crippen LogP contribution in [0, 0.1) is 0 Å². The lowest BCUT2D eigenvalue weighted by Gasteiger charge is -2.36. The molecule has 1 aliphatic rings. The van der Waals surface area contributed by atoms with E-state index in [1.165, 1.54) is 9.75 Å². The normalized spacial score (nSPS) is 15.6. The van der Waals surface area contributed by atoms with Crippen LogP contribution in [0.25, 0.3) is 0 Å². The molecule has 0 aliphatic carbocycles. The highest BCUT2D eigenvalue weighted by molar-refractivity contribution is 7.10. The molecule has 160 valence electrons. The Hall–Kier alpha value is -2.23. The van der Waals surface area contributed by atoms with E-state index in [2.05, 4.69) is 71.8 Å². The maximum atomic E-state index is 4.94. The van der Waals surface area contributed by atoms with Gasteiger partial charge in [0.1, 0.15) is 12.2 Å². The van der Waals surface area contributed by atoms with Crippen LogP contribution in [0.4, 0.5) is 0 Å². The van der Waals surface area contributed by atoms with E-state index in [9.17, 15) is 0 Å². The van der Waals surface area contributed by atoms with Crippen LogP contribution in [-0.2, 0) is 26.1 Å². The van der Waals surface area contributed by atoms with Crippen LogP contribution in [0.3, 0.4) is 0 Å². The van der Waals surface area contributed by atoms with E-state index in [0.717, 1.165) is 70.6 Å². The Kier molecular flexibility index (Phi) is 7.49. The SMILES string of the molecule is CCc1nncn1CCNC(=NCc1cccs1)N1CCN(Cc2cccs2)CC1. The second kappa shape index (κ2) is 10.7. The largest absolute Gasteiger partial charge is 0.354 e. The van der Waals surface area contributed by atoms with Crippen LogP contribution >= 0.6 is 22.7 Å². The minimum atomic E-state index is 0.724. The highest BCUT2D eigenvalue weighted by Gasteiger charge is 2.20. The molecule has 1 fully saturated rings. The molecule has 1 aliphatic heterocycles. The molecule has 3 aromatic rings. The summed E-state index contributed by atoms with van der Waals surface area (Å²) in [6.45, 7) is 9.64. The van der Waals surface area contributed by atoms with Gasteiger partial charge in [0.2, 0.25) is 0 Å². The summed E-state index contributed by atoms with van der Waals surface area (Å²) in [5.41, 5.74) is 0. The van der Waals surface area contributed by atoms with Crippen molar-refractivity contribution in [2.75, 3.05) is 32.7 Å². The summed E-state index contributed by atoms with van der Waals surface area (Å²) in [5, 5.41) is 16.1. The Morgan fingerprint density at radius 2 is 1.87 bits per heavy atom. The molecule has 9 heteroatoms. The summed E-state index contributed by atoms with van der Waals surface area (Å²) in [6, 6.07) is 8.59. The predicted molar refractivity (Wildman–Crippen MR) is 124 cm³/mol. The van der Waals surface area contributed by atoms with Crippen LogP contribution in [0.5, 0.6) is 0 Å². The number of rotatable bonds is 8. The van der Waals surface area contributed by atoms with Gasteiger partial charge in [0.15, 0.2) is 5.96 Å².